The van der Waals surface area contributed by atoms with Gasteiger partial charge in [-0.15, -0.1) is 0 Å². The van der Waals surface area contributed by atoms with Crippen molar-refractivity contribution in [2.75, 3.05) is 39.4 Å². The van der Waals surface area contributed by atoms with Gasteiger partial charge < -0.3 is 9.64 Å². The Morgan fingerprint density at radius 1 is 1.30 bits per heavy atom. The molecule has 2 fully saturated rings. The molecule has 0 saturated carbocycles. The predicted molar refractivity (Wildman–Crippen MR) is 84.2 cm³/mol. The smallest absolute Gasteiger partial charge is 0.340 e. The first-order valence-corrected chi connectivity index (χ1v) is 8.25. The van der Waals surface area contributed by atoms with Crippen molar-refractivity contribution in [2.45, 2.75) is 38.1 Å². The highest BCUT2D eigenvalue weighted by Gasteiger charge is 2.40. The molecule has 8 nitrogen and oxygen atoms in total. The summed E-state index contributed by atoms with van der Waals surface area (Å²) in [6.07, 6.45) is 1.85. The Labute approximate surface area is 135 Å². The van der Waals surface area contributed by atoms with Crippen LogP contribution in [0.4, 0.5) is 0 Å². The number of ether oxygens (including phenoxy) is 1. The molecule has 2 aliphatic heterocycles. The van der Waals surface area contributed by atoms with Crippen LogP contribution in [0.5, 0.6) is 0 Å². The molecular formula is C15H25N5O3. The van der Waals surface area contributed by atoms with E-state index < -0.39 is 5.54 Å². The number of carbonyl (C=O) groups excluding carboxylic acids is 1. The van der Waals surface area contributed by atoms with E-state index in [1.54, 1.807) is 0 Å². The van der Waals surface area contributed by atoms with Crippen molar-refractivity contribution < 1.29 is 9.53 Å². The van der Waals surface area contributed by atoms with E-state index in [1.165, 1.54) is 0 Å². The zero-order valence-electron chi connectivity index (χ0n) is 13.8. The normalized spacial score (nSPS) is 23.9. The van der Waals surface area contributed by atoms with Crippen LogP contribution in [0, 0.1) is 0 Å². The number of hydrogen-bond acceptors (Lipinski definition) is 5. The van der Waals surface area contributed by atoms with E-state index in [2.05, 4.69) is 20.1 Å². The van der Waals surface area contributed by atoms with Gasteiger partial charge in [-0.1, -0.05) is 0 Å². The predicted octanol–water partition coefficient (Wildman–Crippen LogP) is -0.0852. The molecule has 2 saturated heterocycles. The number of piperidine rings is 1. The number of nitrogens with zero attached hydrogens (tertiary/aromatic N) is 3. The molecular weight excluding hydrogens is 298 g/mol. The van der Waals surface area contributed by atoms with Crippen LogP contribution in [-0.4, -0.2) is 75.8 Å². The van der Waals surface area contributed by atoms with Crippen LogP contribution < -0.4 is 5.69 Å². The third-order valence-corrected chi connectivity index (χ3v) is 4.94. The summed E-state index contributed by atoms with van der Waals surface area (Å²) >= 11 is 0. The molecule has 128 valence electrons. The fourth-order valence-electron chi connectivity index (χ4n) is 3.51. The summed E-state index contributed by atoms with van der Waals surface area (Å²) in [5.41, 5.74) is -0.831. The highest BCUT2D eigenvalue weighted by Crippen LogP contribution is 2.27. The Balaban J connectivity index is 1.69. The lowest BCUT2D eigenvalue weighted by atomic mass is 9.93. The summed E-state index contributed by atoms with van der Waals surface area (Å²) in [7, 11) is 0. The molecule has 0 aromatic carbocycles. The second kappa shape index (κ2) is 6.45. The maximum atomic E-state index is 13.0. The lowest BCUT2D eigenvalue weighted by Gasteiger charge is -2.43. The van der Waals surface area contributed by atoms with Gasteiger partial charge in [0.25, 0.3) is 0 Å². The van der Waals surface area contributed by atoms with Gasteiger partial charge in [0.15, 0.2) is 0 Å². The fraction of sp³-hybridized carbons (Fsp3) is 0.800. The van der Waals surface area contributed by atoms with Crippen LogP contribution in [0.2, 0.25) is 0 Å². The number of H-pyrrole nitrogens is 2. The average molecular weight is 323 g/mol. The maximum Gasteiger partial charge on any atom is 0.340 e. The van der Waals surface area contributed by atoms with E-state index in [-0.39, 0.29) is 17.5 Å². The molecule has 0 aliphatic carbocycles. The van der Waals surface area contributed by atoms with Crippen LogP contribution >= 0.6 is 0 Å². The molecule has 8 heteroatoms. The van der Waals surface area contributed by atoms with Crippen molar-refractivity contribution in [1.29, 1.82) is 0 Å². The van der Waals surface area contributed by atoms with Crippen molar-refractivity contribution in [3.05, 3.63) is 16.3 Å². The minimum atomic E-state index is -0.537. The quantitative estimate of drug-likeness (QED) is 0.811. The second-order valence-electron chi connectivity index (χ2n) is 6.81. The van der Waals surface area contributed by atoms with Crippen molar-refractivity contribution in [2.24, 2.45) is 0 Å². The van der Waals surface area contributed by atoms with Crippen molar-refractivity contribution in [3.63, 3.8) is 0 Å². The molecule has 2 aliphatic rings. The molecule has 23 heavy (non-hydrogen) atoms. The van der Waals surface area contributed by atoms with Gasteiger partial charge >= 0.3 is 5.69 Å². The number of carbonyl (C=O) groups is 1. The van der Waals surface area contributed by atoms with Gasteiger partial charge in [0.2, 0.25) is 5.91 Å². The van der Waals surface area contributed by atoms with E-state index in [0.717, 1.165) is 32.5 Å². The highest BCUT2D eigenvalue weighted by atomic mass is 16.5. The minimum absolute atomic E-state index is 0.0899. The van der Waals surface area contributed by atoms with Gasteiger partial charge in [-0.25, -0.2) is 9.89 Å². The van der Waals surface area contributed by atoms with Crippen LogP contribution in [0.15, 0.2) is 4.79 Å². The zero-order chi connectivity index (χ0) is 16.4. The number of likely N-dealkylation sites (tertiary alicyclic amines) is 1. The number of aromatic amines is 2. The third-order valence-electron chi connectivity index (χ3n) is 4.94. The van der Waals surface area contributed by atoms with Crippen molar-refractivity contribution in [1.82, 2.24) is 25.0 Å². The maximum absolute atomic E-state index is 13.0. The number of nitrogens with one attached hydrogen (secondary N) is 2. The average Bonchev–Trinajstić information content (AvgIpc) is 3.01. The topological polar surface area (TPSA) is 94.3 Å². The Kier molecular flexibility index (Phi) is 4.54. The van der Waals surface area contributed by atoms with Gasteiger partial charge in [-0.3, -0.25) is 14.7 Å². The molecule has 3 rings (SSSR count). The van der Waals surface area contributed by atoms with Crippen molar-refractivity contribution >= 4 is 5.91 Å². The van der Waals surface area contributed by atoms with Crippen LogP contribution in [-0.2, 0) is 9.53 Å². The lowest BCUT2D eigenvalue weighted by Crippen LogP contribution is -2.60. The Hall–Kier alpha value is -1.67. The molecule has 0 spiro atoms. The van der Waals surface area contributed by atoms with Gasteiger partial charge in [-0.2, -0.15) is 5.10 Å². The van der Waals surface area contributed by atoms with E-state index in [4.69, 9.17) is 4.74 Å². The van der Waals surface area contributed by atoms with Crippen LogP contribution in [0.3, 0.4) is 0 Å². The minimum Gasteiger partial charge on any atom is -0.379 e. The molecule has 1 aromatic rings. The number of amides is 1. The zero-order valence-corrected chi connectivity index (χ0v) is 13.8. The molecule has 1 atom stereocenters. The van der Waals surface area contributed by atoms with E-state index in [9.17, 15) is 9.59 Å². The summed E-state index contributed by atoms with van der Waals surface area (Å²) in [5, 5.41) is 6.43. The second-order valence-corrected chi connectivity index (χ2v) is 6.81. The Morgan fingerprint density at radius 3 is 2.70 bits per heavy atom. The van der Waals surface area contributed by atoms with Crippen molar-refractivity contribution in [3.8, 4) is 0 Å². The largest absolute Gasteiger partial charge is 0.379 e. The number of aromatic nitrogens is 3. The monoisotopic (exact) mass is 323 g/mol. The molecule has 0 unspecified atom stereocenters. The molecule has 3 heterocycles. The van der Waals surface area contributed by atoms with Gasteiger partial charge in [0.1, 0.15) is 5.82 Å². The fourth-order valence-corrected chi connectivity index (χ4v) is 3.51. The molecule has 0 bridgehead atoms. The summed E-state index contributed by atoms with van der Waals surface area (Å²) in [5.74, 6) is 0.880. The summed E-state index contributed by atoms with van der Waals surface area (Å²) in [6, 6.07) is 0. The van der Waals surface area contributed by atoms with E-state index in [1.807, 2.05) is 18.7 Å². The first-order chi connectivity index (χ1) is 11.0. The molecule has 2 N–H and O–H groups in total. The van der Waals surface area contributed by atoms with Gasteiger partial charge in [0.05, 0.1) is 18.8 Å². The van der Waals surface area contributed by atoms with E-state index >= 15 is 0 Å². The van der Waals surface area contributed by atoms with Gasteiger partial charge in [-0.05, 0) is 26.7 Å². The van der Waals surface area contributed by atoms with Gasteiger partial charge in [0, 0.05) is 32.1 Å². The standard InChI is InChI=1S/C15H25N5O3/c1-15(2,20-6-8-23-9-7-20)13(21)19-5-3-4-11(10-19)12-16-14(22)18-17-12/h11H,3-10H2,1-2H3,(H2,16,17,18,22)/t11-/m1/s1. The number of hydrogen-bond donors (Lipinski definition) is 2. The first-order valence-electron chi connectivity index (χ1n) is 8.25. The Bertz CT molecular complexity index is 602. The molecule has 0 radical (unpaired) electrons. The number of rotatable bonds is 3. The first kappa shape index (κ1) is 16.2. The molecule has 1 amide bonds. The lowest BCUT2D eigenvalue weighted by molar-refractivity contribution is -0.146. The van der Waals surface area contributed by atoms with Crippen LogP contribution in [0.25, 0.3) is 0 Å². The summed E-state index contributed by atoms with van der Waals surface area (Å²) in [6.45, 7) is 8.25. The SMILES string of the molecule is CC(C)(C(=O)N1CCC[C@@H](c2n[nH]c(=O)[nH]2)C1)N1CCOCC1. The third kappa shape index (κ3) is 3.32. The highest BCUT2D eigenvalue weighted by molar-refractivity contribution is 5.85. The van der Waals surface area contributed by atoms with Crippen LogP contribution in [0.1, 0.15) is 38.4 Å². The Morgan fingerprint density at radius 2 is 2.04 bits per heavy atom. The summed E-state index contributed by atoms with van der Waals surface area (Å²) < 4.78 is 5.39. The number of morpholine rings is 1. The van der Waals surface area contributed by atoms with E-state index in [0.29, 0.717) is 25.6 Å². The molecule has 1 aromatic heterocycles. The summed E-state index contributed by atoms with van der Waals surface area (Å²) in [4.78, 5) is 31.1.